The Bertz CT molecular complexity index is 628. The van der Waals surface area contributed by atoms with Gasteiger partial charge in [0, 0.05) is 0 Å². The summed E-state index contributed by atoms with van der Waals surface area (Å²) in [6.45, 7) is 0. The van der Waals surface area contributed by atoms with Crippen molar-refractivity contribution >= 4 is 12.0 Å². The summed E-state index contributed by atoms with van der Waals surface area (Å²) in [5, 5.41) is 13.8. The highest BCUT2D eigenvalue weighted by Crippen LogP contribution is 2.44. The van der Waals surface area contributed by atoms with Gasteiger partial charge in [0.05, 0.1) is 13.2 Å². The summed E-state index contributed by atoms with van der Waals surface area (Å²) in [6.07, 6.45) is -4.33. The Morgan fingerprint density at radius 1 is 1.33 bits per heavy atom. The van der Waals surface area contributed by atoms with E-state index in [0.29, 0.717) is 0 Å². The maximum atomic E-state index is 14.0. The number of halogens is 4. The molecule has 3 N–H and O–H groups in total. The van der Waals surface area contributed by atoms with Crippen LogP contribution in [0, 0.1) is 5.92 Å². The molecule has 0 aromatic heterocycles. The van der Waals surface area contributed by atoms with E-state index in [1.807, 2.05) is 0 Å². The molecule has 24 heavy (non-hydrogen) atoms. The number of carbonyl (C=O) groups is 2. The number of aliphatic hydroxyl groups is 1. The minimum absolute atomic E-state index is 0.159. The van der Waals surface area contributed by atoms with Crippen molar-refractivity contribution in [1.29, 1.82) is 0 Å². The number of amides is 2. The molecular formula is C14H14F4N2O4. The molecule has 2 rings (SSSR count). The van der Waals surface area contributed by atoms with E-state index in [1.165, 1.54) is 29.6 Å². The summed E-state index contributed by atoms with van der Waals surface area (Å²) in [5.41, 5.74) is -3.68. The number of hydrogen-bond donors (Lipinski definition) is 3. The molecular weight excluding hydrogens is 336 g/mol. The fourth-order valence-electron chi connectivity index (χ4n) is 2.58. The van der Waals surface area contributed by atoms with Gasteiger partial charge in [0.25, 0.3) is 0 Å². The average Bonchev–Trinajstić information content (AvgIpc) is 2.54. The number of rotatable bonds is 4. The molecule has 1 aromatic carbocycles. The molecule has 1 aromatic rings. The molecule has 1 fully saturated rings. The standard InChI is InChI=1S/C14H14F4N2O4/c1-24-10(21)8-9(7-5-3-2-4-6-7)19-12(22)20-14(8,23)13(17,18)11(15)16/h2-6,8-9,11,23H,1H3,(H2,19,20,22)/t8-,9+,14-/m0/s1. The maximum Gasteiger partial charge on any atom is 0.354 e. The van der Waals surface area contributed by atoms with Gasteiger partial charge in [-0.25, -0.2) is 13.6 Å². The number of hydrogen-bond acceptors (Lipinski definition) is 4. The Labute approximate surface area is 133 Å². The van der Waals surface area contributed by atoms with E-state index in [0.717, 1.165) is 7.11 Å². The molecule has 1 aliphatic heterocycles. The molecule has 0 aliphatic carbocycles. The first-order valence-electron chi connectivity index (χ1n) is 6.75. The highest BCUT2D eigenvalue weighted by atomic mass is 19.3. The SMILES string of the molecule is COC(=O)[C@@H]1[C@@H](c2ccccc2)NC(=O)N[C@@]1(O)C(F)(F)C(F)F. The Kier molecular flexibility index (Phi) is 4.70. The van der Waals surface area contributed by atoms with Crippen molar-refractivity contribution in [1.82, 2.24) is 10.6 Å². The minimum atomic E-state index is -5.10. The van der Waals surface area contributed by atoms with Crippen molar-refractivity contribution in [2.24, 2.45) is 5.92 Å². The first-order valence-corrected chi connectivity index (χ1v) is 6.75. The average molecular weight is 350 g/mol. The number of carbonyl (C=O) groups excluding carboxylic acids is 2. The van der Waals surface area contributed by atoms with Crippen LogP contribution in [0.1, 0.15) is 11.6 Å². The number of alkyl halides is 4. The van der Waals surface area contributed by atoms with E-state index < -0.39 is 42.0 Å². The van der Waals surface area contributed by atoms with Crippen LogP contribution in [-0.4, -0.2) is 42.3 Å². The van der Waals surface area contributed by atoms with E-state index in [-0.39, 0.29) is 5.56 Å². The van der Waals surface area contributed by atoms with Crippen molar-refractivity contribution in [2.75, 3.05) is 7.11 Å². The van der Waals surface area contributed by atoms with E-state index in [9.17, 15) is 32.3 Å². The summed E-state index contributed by atoms with van der Waals surface area (Å²) in [7, 11) is 0.849. The van der Waals surface area contributed by atoms with Crippen LogP contribution in [0.25, 0.3) is 0 Å². The zero-order valence-electron chi connectivity index (χ0n) is 12.3. The summed E-state index contributed by atoms with van der Waals surface area (Å²) >= 11 is 0. The van der Waals surface area contributed by atoms with Crippen LogP contribution in [0.4, 0.5) is 22.4 Å². The van der Waals surface area contributed by atoms with Crippen LogP contribution in [-0.2, 0) is 9.53 Å². The maximum absolute atomic E-state index is 14.0. The number of urea groups is 1. The molecule has 0 unspecified atom stereocenters. The highest BCUT2D eigenvalue weighted by Gasteiger charge is 2.69. The van der Waals surface area contributed by atoms with E-state index in [1.54, 1.807) is 6.07 Å². The van der Waals surface area contributed by atoms with Crippen LogP contribution in [0.15, 0.2) is 30.3 Å². The second-order valence-electron chi connectivity index (χ2n) is 5.18. The van der Waals surface area contributed by atoms with Crippen molar-refractivity contribution in [3.8, 4) is 0 Å². The van der Waals surface area contributed by atoms with Crippen LogP contribution < -0.4 is 10.6 Å². The van der Waals surface area contributed by atoms with Crippen LogP contribution >= 0.6 is 0 Å². The molecule has 3 atom stereocenters. The Hall–Kier alpha value is -2.36. The summed E-state index contributed by atoms with van der Waals surface area (Å²) in [4.78, 5) is 23.7. The fourth-order valence-corrected chi connectivity index (χ4v) is 2.58. The Morgan fingerprint density at radius 2 is 1.92 bits per heavy atom. The summed E-state index contributed by atoms with van der Waals surface area (Å²) in [5.74, 6) is -8.71. The van der Waals surface area contributed by atoms with Gasteiger partial charge >= 0.3 is 24.3 Å². The van der Waals surface area contributed by atoms with Crippen molar-refractivity contribution in [3.05, 3.63) is 35.9 Å². The molecule has 1 aliphatic rings. The molecule has 132 valence electrons. The minimum Gasteiger partial charge on any atom is -0.469 e. The predicted molar refractivity (Wildman–Crippen MR) is 72.3 cm³/mol. The lowest BCUT2D eigenvalue weighted by molar-refractivity contribution is -0.276. The van der Waals surface area contributed by atoms with Gasteiger partial charge < -0.3 is 20.5 Å². The summed E-state index contributed by atoms with van der Waals surface area (Å²) < 4.78 is 57.9. The summed E-state index contributed by atoms with van der Waals surface area (Å²) in [6, 6.07) is 4.50. The first kappa shape index (κ1) is 18.0. The van der Waals surface area contributed by atoms with Gasteiger partial charge in [-0.15, -0.1) is 0 Å². The third-order valence-corrected chi connectivity index (χ3v) is 3.77. The fraction of sp³-hybridized carbons (Fsp3) is 0.429. The van der Waals surface area contributed by atoms with Gasteiger partial charge in [-0.2, -0.15) is 8.78 Å². The van der Waals surface area contributed by atoms with Crippen molar-refractivity contribution < 1.29 is 37.0 Å². The number of ether oxygens (including phenoxy) is 1. The smallest absolute Gasteiger partial charge is 0.354 e. The van der Waals surface area contributed by atoms with Gasteiger partial charge in [0.2, 0.25) is 5.72 Å². The quantitative estimate of drug-likeness (QED) is 0.566. The van der Waals surface area contributed by atoms with Crippen LogP contribution in [0.5, 0.6) is 0 Å². The van der Waals surface area contributed by atoms with Crippen LogP contribution in [0.3, 0.4) is 0 Å². The lowest BCUT2D eigenvalue weighted by atomic mass is 9.79. The molecule has 1 saturated heterocycles. The molecule has 10 heteroatoms. The molecule has 1 heterocycles. The number of esters is 1. The third-order valence-electron chi connectivity index (χ3n) is 3.77. The lowest BCUT2D eigenvalue weighted by Crippen LogP contribution is -2.75. The molecule has 0 spiro atoms. The second kappa shape index (κ2) is 6.27. The largest absolute Gasteiger partial charge is 0.469 e. The number of benzene rings is 1. The van der Waals surface area contributed by atoms with Gasteiger partial charge in [-0.05, 0) is 5.56 Å². The zero-order chi connectivity index (χ0) is 18.1. The van der Waals surface area contributed by atoms with Gasteiger partial charge in [0.1, 0.15) is 5.92 Å². The molecule has 0 bridgehead atoms. The highest BCUT2D eigenvalue weighted by molar-refractivity contribution is 5.83. The molecule has 0 saturated carbocycles. The lowest BCUT2D eigenvalue weighted by Gasteiger charge is -2.46. The van der Waals surface area contributed by atoms with E-state index >= 15 is 0 Å². The Balaban J connectivity index is 2.60. The molecule has 2 amide bonds. The predicted octanol–water partition coefficient (Wildman–Crippen LogP) is 1.42. The van der Waals surface area contributed by atoms with Crippen LogP contribution in [0.2, 0.25) is 0 Å². The molecule has 6 nitrogen and oxygen atoms in total. The molecule has 0 radical (unpaired) electrons. The Morgan fingerprint density at radius 3 is 2.42 bits per heavy atom. The number of nitrogens with one attached hydrogen (secondary N) is 2. The van der Waals surface area contributed by atoms with Gasteiger partial charge in [-0.1, -0.05) is 30.3 Å². The normalized spacial score (nSPS) is 27.4. The third kappa shape index (κ3) is 2.77. The van der Waals surface area contributed by atoms with E-state index in [4.69, 9.17) is 0 Å². The van der Waals surface area contributed by atoms with E-state index in [2.05, 4.69) is 10.1 Å². The topological polar surface area (TPSA) is 87.7 Å². The van der Waals surface area contributed by atoms with Gasteiger partial charge in [0.15, 0.2) is 0 Å². The van der Waals surface area contributed by atoms with Gasteiger partial charge in [-0.3, -0.25) is 4.79 Å². The monoisotopic (exact) mass is 350 g/mol. The van der Waals surface area contributed by atoms with Crippen molar-refractivity contribution in [2.45, 2.75) is 24.1 Å². The second-order valence-corrected chi connectivity index (χ2v) is 5.18. The first-order chi connectivity index (χ1) is 11.1. The zero-order valence-corrected chi connectivity index (χ0v) is 12.3. The number of methoxy groups -OCH3 is 1. The van der Waals surface area contributed by atoms with Crippen molar-refractivity contribution in [3.63, 3.8) is 0 Å².